The normalized spacial score (nSPS) is 10.0. The molecule has 0 bridgehead atoms. The topological polar surface area (TPSA) is 82.9 Å². The molecule has 0 atom stereocenters. The summed E-state index contributed by atoms with van der Waals surface area (Å²) in [5.41, 5.74) is 1.49. The first-order chi connectivity index (χ1) is 11.1. The molecule has 0 aromatic heterocycles. The largest absolute Gasteiger partial charge is 0.495 e. The monoisotopic (exact) mass is 318 g/mol. The van der Waals surface area contributed by atoms with Gasteiger partial charge in [-0.25, -0.2) is 0 Å². The van der Waals surface area contributed by atoms with E-state index in [0.717, 1.165) is 5.56 Å². The second-order valence-electron chi connectivity index (χ2n) is 4.68. The van der Waals surface area contributed by atoms with E-state index in [1.54, 1.807) is 26.4 Å². The van der Waals surface area contributed by atoms with Crippen LogP contribution in [0, 0.1) is 10.1 Å². The van der Waals surface area contributed by atoms with Crippen LogP contribution in [0.25, 0.3) is 0 Å². The number of benzene rings is 2. The zero-order valence-electron chi connectivity index (χ0n) is 13.2. The molecule has 0 spiro atoms. The van der Waals surface area contributed by atoms with Crippen LogP contribution in [0.3, 0.4) is 0 Å². The van der Waals surface area contributed by atoms with Crippen LogP contribution < -0.4 is 19.5 Å². The minimum absolute atomic E-state index is 0.000566. The zero-order chi connectivity index (χ0) is 16.8. The first kappa shape index (κ1) is 16.4. The molecule has 0 fully saturated rings. The minimum atomic E-state index is -0.443. The smallest absolute Gasteiger partial charge is 0.271 e. The van der Waals surface area contributed by atoms with E-state index in [1.807, 2.05) is 12.1 Å². The van der Waals surface area contributed by atoms with E-state index >= 15 is 0 Å². The molecule has 0 aliphatic carbocycles. The Balaban J connectivity index is 2.20. The van der Waals surface area contributed by atoms with Gasteiger partial charge in [0.05, 0.1) is 31.9 Å². The van der Waals surface area contributed by atoms with Crippen molar-refractivity contribution in [2.75, 3.05) is 26.6 Å². The van der Waals surface area contributed by atoms with E-state index in [9.17, 15) is 10.1 Å². The van der Waals surface area contributed by atoms with E-state index in [2.05, 4.69) is 5.32 Å². The molecule has 0 saturated heterocycles. The Morgan fingerprint density at radius 2 is 1.61 bits per heavy atom. The highest BCUT2D eigenvalue weighted by molar-refractivity contribution is 5.61. The Hall–Kier alpha value is -2.96. The molecule has 0 saturated carbocycles. The number of nitro groups is 1. The van der Waals surface area contributed by atoms with Crippen LogP contribution in [-0.2, 0) is 6.54 Å². The minimum Gasteiger partial charge on any atom is -0.495 e. The van der Waals surface area contributed by atoms with Crippen molar-refractivity contribution in [2.24, 2.45) is 0 Å². The molecule has 7 heteroatoms. The fraction of sp³-hybridized carbons (Fsp3) is 0.250. The lowest BCUT2D eigenvalue weighted by Crippen LogP contribution is -2.03. The molecule has 0 aliphatic heterocycles. The quantitative estimate of drug-likeness (QED) is 0.623. The Morgan fingerprint density at radius 3 is 2.22 bits per heavy atom. The molecule has 2 rings (SSSR count). The third-order valence-electron chi connectivity index (χ3n) is 3.32. The van der Waals surface area contributed by atoms with Gasteiger partial charge in [-0.2, -0.15) is 0 Å². The zero-order valence-corrected chi connectivity index (χ0v) is 13.2. The van der Waals surface area contributed by atoms with Crippen molar-refractivity contribution in [1.82, 2.24) is 0 Å². The summed E-state index contributed by atoms with van der Waals surface area (Å²) in [6.45, 7) is 0.456. The van der Waals surface area contributed by atoms with Crippen LogP contribution in [0.5, 0.6) is 17.2 Å². The number of ether oxygens (including phenoxy) is 3. The number of hydrogen-bond donors (Lipinski definition) is 1. The summed E-state index contributed by atoms with van der Waals surface area (Å²) < 4.78 is 15.7. The maximum absolute atomic E-state index is 10.9. The molecule has 0 radical (unpaired) electrons. The van der Waals surface area contributed by atoms with Gasteiger partial charge in [-0.05, 0) is 23.8 Å². The first-order valence-corrected chi connectivity index (χ1v) is 6.86. The van der Waals surface area contributed by atoms with Crippen molar-refractivity contribution < 1.29 is 19.1 Å². The van der Waals surface area contributed by atoms with Gasteiger partial charge in [0.1, 0.15) is 5.75 Å². The summed E-state index contributed by atoms with van der Waals surface area (Å²) in [4.78, 5) is 10.4. The highest BCUT2D eigenvalue weighted by atomic mass is 16.6. The van der Waals surface area contributed by atoms with Gasteiger partial charge in [-0.1, -0.05) is 6.07 Å². The lowest BCUT2D eigenvalue weighted by Gasteiger charge is -2.13. The van der Waals surface area contributed by atoms with Crippen LogP contribution >= 0.6 is 0 Å². The molecule has 122 valence electrons. The maximum Gasteiger partial charge on any atom is 0.271 e. The predicted molar refractivity (Wildman–Crippen MR) is 86.5 cm³/mol. The summed E-state index contributed by atoms with van der Waals surface area (Å²) in [5, 5.41) is 14.0. The summed E-state index contributed by atoms with van der Waals surface area (Å²) >= 11 is 0. The van der Waals surface area contributed by atoms with Crippen molar-refractivity contribution >= 4 is 11.4 Å². The molecule has 2 aromatic rings. The molecule has 23 heavy (non-hydrogen) atoms. The number of non-ortho nitro benzene ring substituents is 1. The van der Waals surface area contributed by atoms with Gasteiger partial charge >= 0.3 is 0 Å². The van der Waals surface area contributed by atoms with Gasteiger partial charge in [0, 0.05) is 18.7 Å². The van der Waals surface area contributed by atoms with Crippen molar-refractivity contribution in [3.05, 3.63) is 52.1 Å². The number of nitrogens with zero attached hydrogens (tertiary/aromatic N) is 1. The molecular weight excluding hydrogens is 300 g/mol. The molecule has 2 aromatic carbocycles. The van der Waals surface area contributed by atoms with Gasteiger partial charge in [0.2, 0.25) is 0 Å². The van der Waals surface area contributed by atoms with Gasteiger partial charge in [0.25, 0.3) is 5.69 Å². The van der Waals surface area contributed by atoms with E-state index in [0.29, 0.717) is 29.5 Å². The second-order valence-corrected chi connectivity index (χ2v) is 4.68. The van der Waals surface area contributed by atoms with E-state index in [4.69, 9.17) is 14.2 Å². The third kappa shape index (κ3) is 3.82. The summed E-state index contributed by atoms with van der Waals surface area (Å²) in [6.07, 6.45) is 0. The Morgan fingerprint density at radius 1 is 0.957 bits per heavy atom. The lowest BCUT2D eigenvalue weighted by molar-refractivity contribution is -0.384. The van der Waals surface area contributed by atoms with Gasteiger partial charge in [0.15, 0.2) is 11.5 Å². The fourth-order valence-electron chi connectivity index (χ4n) is 2.14. The number of nitrogens with one attached hydrogen (secondary N) is 1. The highest BCUT2D eigenvalue weighted by Crippen LogP contribution is 2.31. The molecule has 0 unspecified atom stereocenters. The Bertz CT molecular complexity index is 703. The molecule has 1 N–H and O–H groups in total. The maximum atomic E-state index is 10.9. The molecule has 0 heterocycles. The number of nitro benzene ring substituents is 1. The van der Waals surface area contributed by atoms with Gasteiger partial charge < -0.3 is 19.5 Å². The average molecular weight is 318 g/mol. The van der Waals surface area contributed by atoms with Crippen LogP contribution in [0.15, 0.2) is 36.4 Å². The standard InChI is InChI=1S/C16H18N2O5/c1-21-14-7-5-12(18(19)20)9-13(14)17-10-11-4-6-15(22-2)16(8-11)23-3/h4-9,17H,10H2,1-3H3. The van der Waals surface area contributed by atoms with Crippen molar-refractivity contribution in [1.29, 1.82) is 0 Å². The average Bonchev–Trinajstić information content (AvgIpc) is 2.59. The van der Waals surface area contributed by atoms with Crippen LogP contribution in [0.2, 0.25) is 0 Å². The SMILES string of the molecule is COc1ccc([N+](=O)[O-])cc1NCc1ccc(OC)c(OC)c1. The van der Waals surface area contributed by atoms with Gasteiger partial charge in [-0.3, -0.25) is 10.1 Å². The number of hydrogen-bond acceptors (Lipinski definition) is 6. The Kier molecular flexibility index (Phi) is 5.24. The summed E-state index contributed by atoms with van der Waals surface area (Å²) in [5.74, 6) is 1.80. The van der Waals surface area contributed by atoms with Crippen LogP contribution in [0.1, 0.15) is 5.56 Å². The fourth-order valence-corrected chi connectivity index (χ4v) is 2.14. The Labute approximate surface area is 133 Å². The molecular formula is C16H18N2O5. The number of anilines is 1. The summed E-state index contributed by atoms with van der Waals surface area (Å²) in [6, 6.07) is 9.95. The number of rotatable bonds is 7. The van der Waals surface area contributed by atoms with Gasteiger partial charge in [-0.15, -0.1) is 0 Å². The van der Waals surface area contributed by atoms with Crippen LogP contribution in [-0.4, -0.2) is 26.3 Å². The second kappa shape index (κ2) is 7.35. The summed E-state index contributed by atoms with van der Waals surface area (Å²) in [7, 11) is 4.66. The number of methoxy groups -OCH3 is 3. The molecule has 0 aliphatic rings. The first-order valence-electron chi connectivity index (χ1n) is 6.86. The van der Waals surface area contributed by atoms with E-state index < -0.39 is 4.92 Å². The third-order valence-corrected chi connectivity index (χ3v) is 3.32. The predicted octanol–water partition coefficient (Wildman–Crippen LogP) is 3.23. The van der Waals surface area contributed by atoms with E-state index in [1.165, 1.54) is 19.2 Å². The lowest BCUT2D eigenvalue weighted by atomic mass is 10.2. The van der Waals surface area contributed by atoms with Crippen molar-refractivity contribution in [3.63, 3.8) is 0 Å². The van der Waals surface area contributed by atoms with Crippen molar-refractivity contribution in [2.45, 2.75) is 6.54 Å². The molecule has 7 nitrogen and oxygen atoms in total. The highest BCUT2D eigenvalue weighted by Gasteiger charge is 2.11. The van der Waals surface area contributed by atoms with Crippen molar-refractivity contribution in [3.8, 4) is 17.2 Å². The molecule has 0 amide bonds. The van der Waals surface area contributed by atoms with Crippen LogP contribution in [0.4, 0.5) is 11.4 Å². The van der Waals surface area contributed by atoms with E-state index in [-0.39, 0.29) is 5.69 Å².